The van der Waals surface area contributed by atoms with E-state index in [1.165, 1.54) is 0 Å². The lowest BCUT2D eigenvalue weighted by atomic mass is 10.1. The molecular formula is C12H16N2O3. The van der Waals surface area contributed by atoms with Crippen molar-refractivity contribution in [1.82, 2.24) is 9.97 Å². The Morgan fingerprint density at radius 3 is 2.76 bits per heavy atom. The van der Waals surface area contributed by atoms with Crippen LogP contribution in [-0.4, -0.2) is 28.2 Å². The molecule has 0 aliphatic heterocycles. The summed E-state index contributed by atoms with van der Waals surface area (Å²) in [5.41, 5.74) is 1.86. The molecule has 1 aliphatic carbocycles. The molecule has 0 radical (unpaired) electrons. The van der Waals surface area contributed by atoms with Gasteiger partial charge in [0, 0.05) is 18.4 Å². The van der Waals surface area contributed by atoms with Gasteiger partial charge in [-0.25, -0.2) is 14.8 Å². The molecule has 1 aromatic heterocycles. The normalized spacial score (nSPS) is 15.1. The van der Waals surface area contributed by atoms with Crippen LogP contribution >= 0.6 is 0 Å². The van der Waals surface area contributed by atoms with Crippen LogP contribution in [0.25, 0.3) is 0 Å². The van der Waals surface area contributed by atoms with E-state index in [0.717, 1.165) is 43.4 Å². The molecule has 0 saturated carbocycles. The molecular weight excluding hydrogens is 220 g/mol. The van der Waals surface area contributed by atoms with Crippen molar-refractivity contribution < 1.29 is 14.6 Å². The Morgan fingerprint density at radius 2 is 2.06 bits per heavy atom. The van der Waals surface area contributed by atoms with Gasteiger partial charge in [0.15, 0.2) is 11.5 Å². The Morgan fingerprint density at radius 1 is 1.29 bits per heavy atom. The van der Waals surface area contributed by atoms with E-state index in [0.29, 0.717) is 5.82 Å². The second-order valence-corrected chi connectivity index (χ2v) is 4.21. The molecule has 0 amide bonds. The first kappa shape index (κ1) is 12.0. The minimum atomic E-state index is -0.970. The van der Waals surface area contributed by atoms with Crippen LogP contribution in [0, 0.1) is 0 Å². The van der Waals surface area contributed by atoms with Crippen molar-refractivity contribution in [2.45, 2.75) is 38.7 Å². The van der Waals surface area contributed by atoms with Gasteiger partial charge in [-0.1, -0.05) is 6.42 Å². The van der Waals surface area contributed by atoms with Crippen molar-refractivity contribution in [3.05, 3.63) is 22.8 Å². The van der Waals surface area contributed by atoms with E-state index >= 15 is 0 Å². The number of carboxylic acid groups (broad SMARTS) is 1. The van der Waals surface area contributed by atoms with Gasteiger partial charge in [0.2, 0.25) is 0 Å². The van der Waals surface area contributed by atoms with Gasteiger partial charge < -0.3 is 9.84 Å². The average molecular weight is 236 g/mol. The number of ether oxygens (including phenoxy) is 1. The summed E-state index contributed by atoms with van der Waals surface area (Å²) in [4.78, 5) is 19.7. The Bertz CT molecular complexity index is 432. The lowest BCUT2D eigenvalue weighted by molar-refractivity contribution is 0.0687. The van der Waals surface area contributed by atoms with Crippen molar-refractivity contribution in [3.8, 4) is 0 Å². The monoisotopic (exact) mass is 236 g/mol. The maximum atomic E-state index is 11.2. The summed E-state index contributed by atoms with van der Waals surface area (Å²) < 4.78 is 4.97. The SMILES string of the molecule is COCc1nc2c(c(C(=O)O)n1)CCCCC2. The number of nitrogens with zero attached hydrogens (tertiary/aromatic N) is 2. The first-order valence-corrected chi connectivity index (χ1v) is 5.83. The predicted octanol–water partition coefficient (Wildman–Crippen LogP) is 1.59. The molecule has 1 N–H and O–H groups in total. The Hall–Kier alpha value is -1.49. The van der Waals surface area contributed by atoms with Gasteiger partial charge in [-0.3, -0.25) is 0 Å². The zero-order valence-electron chi connectivity index (χ0n) is 9.90. The third-order valence-corrected chi connectivity index (χ3v) is 2.96. The average Bonchev–Trinajstić information content (AvgIpc) is 2.53. The van der Waals surface area contributed by atoms with E-state index in [-0.39, 0.29) is 12.3 Å². The highest BCUT2D eigenvalue weighted by molar-refractivity contribution is 5.87. The van der Waals surface area contributed by atoms with Crippen molar-refractivity contribution in [3.63, 3.8) is 0 Å². The molecule has 5 heteroatoms. The molecule has 1 aliphatic rings. The maximum absolute atomic E-state index is 11.2. The van der Waals surface area contributed by atoms with Gasteiger partial charge in [-0.05, 0) is 25.7 Å². The number of aromatic nitrogens is 2. The molecule has 0 atom stereocenters. The van der Waals surface area contributed by atoms with Crippen LogP contribution in [0.4, 0.5) is 0 Å². The van der Waals surface area contributed by atoms with Crippen LogP contribution in [0.1, 0.15) is 46.8 Å². The van der Waals surface area contributed by atoms with Crippen LogP contribution in [-0.2, 0) is 24.2 Å². The molecule has 1 heterocycles. The first-order chi connectivity index (χ1) is 8.22. The molecule has 0 saturated heterocycles. The van der Waals surface area contributed by atoms with Gasteiger partial charge >= 0.3 is 5.97 Å². The molecule has 0 aromatic carbocycles. The van der Waals surface area contributed by atoms with E-state index in [4.69, 9.17) is 4.74 Å². The Balaban J connectivity index is 2.47. The third kappa shape index (κ3) is 2.61. The first-order valence-electron chi connectivity index (χ1n) is 5.83. The second kappa shape index (κ2) is 5.23. The van der Waals surface area contributed by atoms with Crippen LogP contribution in [0.5, 0.6) is 0 Å². The van der Waals surface area contributed by atoms with E-state index in [1.807, 2.05) is 0 Å². The molecule has 0 unspecified atom stereocenters. The number of methoxy groups -OCH3 is 1. The van der Waals surface area contributed by atoms with E-state index in [1.54, 1.807) is 7.11 Å². The summed E-state index contributed by atoms with van der Waals surface area (Å²) in [6.45, 7) is 0.257. The van der Waals surface area contributed by atoms with Gasteiger partial charge in [0.1, 0.15) is 6.61 Å². The Kier molecular flexibility index (Phi) is 3.68. The molecule has 2 rings (SSSR count). The number of carbonyl (C=O) groups is 1. The fourth-order valence-corrected chi connectivity index (χ4v) is 2.19. The molecule has 92 valence electrons. The topological polar surface area (TPSA) is 72.3 Å². The number of aromatic carboxylic acids is 1. The maximum Gasteiger partial charge on any atom is 0.354 e. The number of rotatable bonds is 3. The summed E-state index contributed by atoms with van der Waals surface area (Å²) >= 11 is 0. The fraction of sp³-hybridized carbons (Fsp3) is 0.583. The van der Waals surface area contributed by atoms with E-state index < -0.39 is 5.97 Å². The lowest BCUT2D eigenvalue weighted by Gasteiger charge is -2.10. The van der Waals surface area contributed by atoms with E-state index in [9.17, 15) is 9.90 Å². The number of fused-ring (bicyclic) bond motifs is 1. The fourth-order valence-electron chi connectivity index (χ4n) is 2.19. The van der Waals surface area contributed by atoms with Gasteiger partial charge in [-0.15, -0.1) is 0 Å². The molecule has 0 spiro atoms. The Labute approximate surface area is 99.9 Å². The quantitative estimate of drug-likeness (QED) is 0.807. The summed E-state index contributed by atoms with van der Waals surface area (Å²) in [6, 6.07) is 0. The highest BCUT2D eigenvalue weighted by Gasteiger charge is 2.20. The number of hydrogen-bond acceptors (Lipinski definition) is 4. The molecule has 1 aromatic rings. The molecule has 0 bridgehead atoms. The van der Waals surface area contributed by atoms with Crippen LogP contribution in [0.15, 0.2) is 0 Å². The standard InChI is InChI=1S/C12H16N2O3/c1-17-7-10-13-9-6-4-2-3-5-8(9)11(14-10)12(15)16/h2-7H2,1H3,(H,15,16). The highest BCUT2D eigenvalue weighted by atomic mass is 16.5. The summed E-state index contributed by atoms with van der Waals surface area (Å²) in [5, 5.41) is 9.19. The minimum absolute atomic E-state index is 0.156. The second-order valence-electron chi connectivity index (χ2n) is 4.21. The van der Waals surface area contributed by atoms with Crippen molar-refractivity contribution >= 4 is 5.97 Å². The summed E-state index contributed by atoms with van der Waals surface area (Å²) in [5.74, 6) is -0.506. The largest absolute Gasteiger partial charge is 0.477 e. The molecule has 17 heavy (non-hydrogen) atoms. The summed E-state index contributed by atoms with van der Waals surface area (Å²) in [6.07, 6.45) is 4.81. The zero-order valence-corrected chi connectivity index (χ0v) is 9.90. The van der Waals surface area contributed by atoms with Crippen molar-refractivity contribution in [2.24, 2.45) is 0 Å². The van der Waals surface area contributed by atoms with Crippen LogP contribution in [0.3, 0.4) is 0 Å². The van der Waals surface area contributed by atoms with Crippen LogP contribution in [0.2, 0.25) is 0 Å². The number of carboxylic acids is 1. The number of aryl methyl sites for hydroxylation is 1. The highest BCUT2D eigenvalue weighted by Crippen LogP contribution is 2.21. The van der Waals surface area contributed by atoms with E-state index in [2.05, 4.69) is 9.97 Å². The summed E-state index contributed by atoms with van der Waals surface area (Å²) in [7, 11) is 1.55. The third-order valence-electron chi connectivity index (χ3n) is 2.96. The van der Waals surface area contributed by atoms with Gasteiger partial charge in [0.25, 0.3) is 0 Å². The predicted molar refractivity (Wildman–Crippen MR) is 61.0 cm³/mol. The van der Waals surface area contributed by atoms with Crippen LogP contribution < -0.4 is 0 Å². The van der Waals surface area contributed by atoms with Crippen molar-refractivity contribution in [2.75, 3.05) is 7.11 Å². The van der Waals surface area contributed by atoms with Gasteiger partial charge in [-0.2, -0.15) is 0 Å². The lowest BCUT2D eigenvalue weighted by Crippen LogP contribution is -2.13. The smallest absolute Gasteiger partial charge is 0.354 e. The van der Waals surface area contributed by atoms with Gasteiger partial charge in [0.05, 0.1) is 0 Å². The molecule has 5 nitrogen and oxygen atoms in total. The van der Waals surface area contributed by atoms with Crippen molar-refractivity contribution in [1.29, 1.82) is 0 Å². The zero-order chi connectivity index (χ0) is 12.3. The number of hydrogen-bond donors (Lipinski definition) is 1. The molecule has 0 fully saturated rings. The minimum Gasteiger partial charge on any atom is -0.477 e.